The summed E-state index contributed by atoms with van der Waals surface area (Å²) < 4.78 is 22.9. The molecule has 0 bridgehead atoms. The molecular formula is C16H21NO3S. The van der Waals surface area contributed by atoms with Crippen LogP contribution in [0.3, 0.4) is 0 Å². The van der Waals surface area contributed by atoms with Gasteiger partial charge in [-0.3, -0.25) is 9.19 Å². The first kappa shape index (κ1) is 15.9. The summed E-state index contributed by atoms with van der Waals surface area (Å²) in [6, 6.07) is 3.69. The number of allylic oxidation sites excluding steroid dienone is 3. The molecule has 5 heteroatoms. The maximum Gasteiger partial charge on any atom is 0.122 e. The molecule has 1 aliphatic rings. The molecule has 0 spiro atoms. The number of hydrogen-bond donors (Lipinski definition) is 0. The highest BCUT2D eigenvalue weighted by molar-refractivity contribution is 7.85. The highest BCUT2D eigenvalue weighted by atomic mass is 32.2. The highest BCUT2D eigenvalue weighted by Crippen LogP contribution is 2.17. The summed E-state index contributed by atoms with van der Waals surface area (Å²) in [7, 11) is 0.725. The predicted molar refractivity (Wildman–Crippen MR) is 84.8 cm³/mol. The summed E-state index contributed by atoms with van der Waals surface area (Å²) in [6.45, 7) is 1.29. The molecular weight excluding hydrogens is 286 g/mol. The van der Waals surface area contributed by atoms with E-state index in [9.17, 15) is 4.21 Å². The van der Waals surface area contributed by atoms with Crippen molar-refractivity contribution in [2.24, 2.45) is 0 Å². The quantitative estimate of drug-likeness (QED) is 0.693. The van der Waals surface area contributed by atoms with Crippen molar-refractivity contribution in [3.05, 3.63) is 48.3 Å². The molecule has 0 radical (unpaired) electrons. The van der Waals surface area contributed by atoms with Gasteiger partial charge in [-0.2, -0.15) is 0 Å². The van der Waals surface area contributed by atoms with Crippen LogP contribution in [-0.4, -0.2) is 34.8 Å². The third-order valence-electron chi connectivity index (χ3n) is 3.12. The minimum atomic E-state index is -0.951. The molecule has 2 unspecified atom stereocenters. The number of nitrogens with zero attached hydrogens (tertiary/aromatic N) is 1. The summed E-state index contributed by atoms with van der Waals surface area (Å²) >= 11 is 0. The van der Waals surface area contributed by atoms with Crippen LogP contribution in [0.2, 0.25) is 0 Å². The van der Waals surface area contributed by atoms with E-state index in [0.29, 0.717) is 19.0 Å². The van der Waals surface area contributed by atoms with E-state index in [-0.39, 0.29) is 5.25 Å². The largest absolute Gasteiger partial charge is 0.493 e. The zero-order valence-corrected chi connectivity index (χ0v) is 13.1. The Labute approximate surface area is 128 Å². The monoisotopic (exact) mass is 307 g/mol. The van der Waals surface area contributed by atoms with Gasteiger partial charge in [-0.25, -0.2) is 0 Å². The zero-order valence-electron chi connectivity index (χ0n) is 12.2. The minimum Gasteiger partial charge on any atom is -0.493 e. The third-order valence-corrected chi connectivity index (χ3v) is 4.72. The molecule has 114 valence electrons. The van der Waals surface area contributed by atoms with E-state index in [1.54, 1.807) is 13.3 Å². The fraction of sp³-hybridized carbons (Fsp3) is 0.438. The maximum atomic E-state index is 12.3. The Bertz CT molecular complexity index is 528. The lowest BCUT2D eigenvalue weighted by Gasteiger charge is -2.13. The Morgan fingerprint density at radius 2 is 2.29 bits per heavy atom. The summed E-state index contributed by atoms with van der Waals surface area (Å²) in [5.41, 5.74) is 0.806. The Morgan fingerprint density at radius 3 is 3.05 bits per heavy atom. The van der Waals surface area contributed by atoms with Gasteiger partial charge in [-0.05, 0) is 12.5 Å². The first-order chi connectivity index (χ1) is 10.3. The van der Waals surface area contributed by atoms with Crippen molar-refractivity contribution < 1.29 is 13.7 Å². The molecule has 0 aromatic carbocycles. The fourth-order valence-corrected chi connectivity index (χ4v) is 3.28. The number of ether oxygens (including phenoxy) is 2. The van der Waals surface area contributed by atoms with Gasteiger partial charge < -0.3 is 9.47 Å². The summed E-state index contributed by atoms with van der Waals surface area (Å²) in [6.07, 6.45) is 11.4. The van der Waals surface area contributed by atoms with Crippen LogP contribution in [0, 0.1) is 0 Å². The van der Waals surface area contributed by atoms with Gasteiger partial charge in [0.2, 0.25) is 0 Å². The molecule has 4 nitrogen and oxygen atoms in total. The van der Waals surface area contributed by atoms with E-state index in [1.807, 2.05) is 36.4 Å². The van der Waals surface area contributed by atoms with Gasteiger partial charge >= 0.3 is 0 Å². The third kappa shape index (κ3) is 5.44. The summed E-state index contributed by atoms with van der Waals surface area (Å²) in [4.78, 5) is 4.28. The van der Waals surface area contributed by atoms with Crippen LogP contribution < -0.4 is 4.74 Å². The van der Waals surface area contributed by atoms with Crippen LogP contribution >= 0.6 is 0 Å². The van der Waals surface area contributed by atoms with Crippen LogP contribution in [0.5, 0.6) is 5.75 Å². The lowest BCUT2D eigenvalue weighted by Crippen LogP contribution is -2.15. The van der Waals surface area contributed by atoms with Gasteiger partial charge in [0.05, 0.1) is 23.3 Å². The molecule has 2 rings (SSSR count). The first-order valence-corrected chi connectivity index (χ1v) is 8.45. The highest BCUT2D eigenvalue weighted by Gasteiger charge is 2.15. The van der Waals surface area contributed by atoms with Crippen molar-refractivity contribution in [2.75, 3.05) is 20.3 Å². The fourth-order valence-electron chi connectivity index (χ4n) is 2.02. The second kappa shape index (κ2) is 8.74. The van der Waals surface area contributed by atoms with Crippen molar-refractivity contribution in [1.29, 1.82) is 0 Å². The normalized spacial score (nSPS) is 18.6. The molecule has 0 N–H and O–H groups in total. The van der Waals surface area contributed by atoms with E-state index in [2.05, 4.69) is 4.98 Å². The van der Waals surface area contributed by atoms with Gasteiger partial charge in [0.25, 0.3) is 0 Å². The van der Waals surface area contributed by atoms with Gasteiger partial charge in [-0.1, -0.05) is 24.3 Å². The molecule has 0 saturated carbocycles. The molecule has 0 amide bonds. The van der Waals surface area contributed by atoms with Crippen LogP contribution in [0.1, 0.15) is 18.5 Å². The average Bonchev–Trinajstić information content (AvgIpc) is 2.53. The van der Waals surface area contributed by atoms with E-state index in [1.165, 1.54) is 0 Å². The molecule has 0 aliphatic heterocycles. The number of aromatic nitrogens is 1. The SMILES string of the molecule is COCCCOc1ccnc(CS(=O)C2C=CC=CC2)c1. The standard InChI is InChI=1S/C16H21NO3S/c1-19-10-5-11-20-15-8-9-17-14(12-15)13-21(18)16-6-3-2-4-7-16/h2-4,6,8-9,12,16H,5,7,10-11,13H2,1H3. The topological polar surface area (TPSA) is 48.4 Å². The second-order valence-corrected chi connectivity index (χ2v) is 6.45. The van der Waals surface area contributed by atoms with Gasteiger partial charge in [0.15, 0.2) is 0 Å². The molecule has 1 aliphatic carbocycles. The smallest absolute Gasteiger partial charge is 0.122 e. The van der Waals surface area contributed by atoms with Crippen LogP contribution in [0.4, 0.5) is 0 Å². The number of rotatable bonds is 8. The Morgan fingerprint density at radius 1 is 1.38 bits per heavy atom. The van der Waals surface area contributed by atoms with Gasteiger partial charge in [0.1, 0.15) is 5.75 Å². The van der Waals surface area contributed by atoms with Crippen molar-refractivity contribution >= 4 is 10.8 Å². The van der Waals surface area contributed by atoms with E-state index in [0.717, 1.165) is 24.3 Å². The predicted octanol–water partition coefficient (Wildman–Crippen LogP) is 2.63. The number of methoxy groups -OCH3 is 1. The van der Waals surface area contributed by atoms with Gasteiger partial charge in [0, 0.05) is 43.2 Å². The summed E-state index contributed by atoms with van der Waals surface area (Å²) in [5, 5.41) is 0.0862. The maximum absolute atomic E-state index is 12.3. The second-order valence-electron chi connectivity index (χ2n) is 4.79. The van der Waals surface area contributed by atoms with Crippen molar-refractivity contribution in [2.45, 2.75) is 23.8 Å². The minimum absolute atomic E-state index is 0.0862. The van der Waals surface area contributed by atoms with Crippen molar-refractivity contribution in [3.8, 4) is 5.75 Å². The van der Waals surface area contributed by atoms with Crippen molar-refractivity contribution in [3.63, 3.8) is 0 Å². The lowest BCUT2D eigenvalue weighted by atomic mass is 10.2. The van der Waals surface area contributed by atoms with Crippen molar-refractivity contribution in [1.82, 2.24) is 4.98 Å². The lowest BCUT2D eigenvalue weighted by molar-refractivity contribution is 0.172. The molecule has 0 fully saturated rings. The van der Waals surface area contributed by atoms with Gasteiger partial charge in [-0.15, -0.1) is 0 Å². The molecule has 0 saturated heterocycles. The molecule has 1 aromatic heterocycles. The first-order valence-electron chi connectivity index (χ1n) is 7.07. The van der Waals surface area contributed by atoms with E-state index >= 15 is 0 Å². The molecule has 1 aromatic rings. The Balaban J connectivity index is 1.86. The van der Waals surface area contributed by atoms with E-state index < -0.39 is 10.8 Å². The molecule has 2 atom stereocenters. The number of pyridine rings is 1. The van der Waals surface area contributed by atoms with Crippen LogP contribution in [0.15, 0.2) is 42.6 Å². The Kier molecular flexibility index (Phi) is 6.63. The average molecular weight is 307 g/mol. The van der Waals surface area contributed by atoms with E-state index in [4.69, 9.17) is 9.47 Å². The zero-order chi connectivity index (χ0) is 14.9. The number of hydrogen-bond acceptors (Lipinski definition) is 4. The molecule has 21 heavy (non-hydrogen) atoms. The van der Waals surface area contributed by atoms with Crippen LogP contribution in [0.25, 0.3) is 0 Å². The Hall–Kier alpha value is -1.46. The molecule has 1 heterocycles. The van der Waals surface area contributed by atoms with Crippen LogP contribution in [-0.2, 0) is 21.3 Å². The summed E-state index contributed by atoms with van der Waals surface area (Å²) in [5.74, 6) is 1.23.